The van der Waals surface area contributed by atoms with Crippen LogP contribution >= 0.6 is 43.2 Å². The number of thiophene rings is 1. The number of rotatable bonds is 5. The Kier molecular flexibility index (Phi) is 5.46. The summed E-state index contributed by atoms with van der Waals surface area (Å²) < 4.78 is 2.28. The van der Waals surface area contributed by atoms with Gasteiger partial charge in [0.05, 0.1) is 9.83 Å². The van der Waals surface area contributed by atoms with Crippen molar-refractivity contribution < 1.29 is 0 Å². The molecule has 0 fully saturated rings. The first-order valence-corrected chi connectivity index (χ1v) is 9.10. The van der Waals surface area contributed by atoms with Crippen LogP contribution in [0.4, 0.5) is 0 Å². The van der Waals surface area contributed by atoms with E-state index in [9.17, 15) is 0 Å². The molecule has 1 aromatic heterocycles. The van der Waals surface area contributed by atoms with Crippen LogP contribution in [0.5, 0.6) is 0 Å². The number of hydrogen-bond donors (Lipinski definition) is 1. The zero-order valence-electron chi connectivity index (χ0n) is 11.9. The average Bonchev–Trinajstić information content (AvgIpc) is 2.76. The molecule has 0 amide bonds. The van der Waals surface area contributed by atoms with Gasteiger partial charge in [0.25, 0.3) is 0 Å². The third-order valence-corrected chi connectivity index (χ3v) is 6.92. The van der Waals surface area contributed by atoms with Gasteiger partial charge in [0.2, 0.25) is 0 Å². The monoisotopic (exact) mass is 415 g/mol. The minimum atomic E-state index is 0.0288. The summed E-state index contributed by atoms with van der Waals surface area (Å²) in [4.78, 5) is 1.35. The second-order valence-electron chi connectivity index (χ2n) is 5.35. The Morgan fingerprint density at radius 1 is 1.20 bits per heavy atom. The van der Waals surface area contributed by atoms with Gasteiger partial charge in [-0.25, -0.2) is 0 Å². The highest BCUT2D eigenvalue weighted by Gasteiger charge is 2.33. The Labute approximate surface area is 142 Å². The molecule has 0 saturated carbocycles. The molecule has 1 N–H and O–H groups in total. The zero-order chi connectivity index (χ0) is 14.8. The molecule has 4 heteroatoms. The van der Waals surface area contributed by atoms with E-state index < -0.39 is 0 Å². The lowest BCUT2D eigenvalue weighted by molar-refractivity contribution is 0.359. The molecular formula is C16H19Br2NS. The minimum absolute atomic E-state index is 0.0288. The maximum absolute atomic E-state index is 3.65. The van der Waals surface area contributed by atoms with E-state index in [1.54, 1.807) is 11.3 Å². The van der Waals surface area contributed by atoms with Crippen molar-refractivity contribution >= 4 is 43.2 Å². The van der Waals surface area contributed by atoms with Gasteiger partial charge in [-0.15, -0.1) is 11.3 Å². The summed E-state index contributed by atoms with van der Waals surface area (Å²) in [5, 5.41) is 3.65. The standard InChI is InChI=1S/C16H19Br2NS/c1-4-19-14(13-10-12(17)15(18)20-13)16(2,3)11-8-6-5-7-9-11/h5-10,14,19H,4H2,1-3H3. The SMILES string of the molecule is CCNC(c1cc(Br)c(Br)s1)C(C)(C)c1ccccc1. The average molecular weight is 417 g/mol. The van der Waals surface area contributed by atoms with Gasteiger partial charge in [0.15, 0.2) is 0 Å². The van der Waals surface area contributed by atoms with Crippen molar-refractivity contribution in [2.75, 3.05) is 6.54 Å². The summed E-state index contributed by atoms with van der Waals surface area (Å²) in [7, 11) is 0. The van der Waals surface area contributed by atoms with E-state index in [0.717, 1.165) is 14.8 Å². The van der Waals surface area contributed by atoms with E-state index in [4.69, 9.17) is 0 Å². The zero-order valence-corrected chi connectivity index (χ0v) is 15.9. The van der Waals surface area contributed by atoms with Gasteiger partial charge < -0.3 is 5.32 Å². The number of halogens is 2. The number of hydrogen-bond acceptors (Lipinski definition) is 2. The minimum Gasteiger partial charge on any atom is -0.309 e. The van der Waals surface area contributed by atoms with E-state index in [-0.39, 0.29) is 5.41 Å². The molecule has 108 valence electrons. The lowest BCUT2D eigenvalue weighted by atomic mass is 9.77. The summed E-state index contributed by atoms with van der Waals surface area (Å²) in [6.45, 7) is 7.72. The van der Waals surface area contributed by atoms with Crippen molar-refractivity contribution in [2.45, 2.75) is 32.2 Å². The molecule has 20 heavy (non-hydrogen) atoms. The van der Waals surface area contributed by atoms with Gasteiger partial charge in [-0.3, -0.25) is 0 Å². The molecule has 2 aromatic rings. The van der Waals surface area contributed by atoms with Gasteiger partial charge in [-0.2, -0.15) is 0 Å². The van der Waals surface area contributed by atoms with Crippen LogP contribution in [0.1, 0.15) is 37.3 Å². The highest BCUT2D eigenvalue weighted by Crippen LogP contribution is 2.43. The van der Waals surface area contributed by atoms with Crippen molar-refractivity contribution in [2.24, 2.45) is 0 Å². The predicted molar refractivity (Wildman–Crippen MR) is 95.6 cm³/mol. The second-order valence-corrected chi connectivity index (χ2v) is 8.60. The van der Waals surface area contributed by atoms with Gasteiger partial charge in [-0.05, 0) is 50.0 Å². The molecule has 0 aliphatic carbocycles. The molecule has 1 nitrogen and oxygen atoms in total. The van der Waals surface area contributed by atoms with Crippen molar-refractivity contribution in [3.8, 4) is 0 Å². The fraction of sp³-hybridized carbons (Fsp3) is 0.375. The molecule has 0 spiro atoms. The Bertz CT molecular complexity index is 544. The lowest BCUT2D eigenvalue weighted by Crippen LogP contribution is -2.36. The van der Waals surface area contributed by atoms with Gasteiger partial charge in [-0.1, -0.05) is 51.1 Å². The van der Waals surface area contributed by atoms with Crippen LogP contribution in [0.3, 0.4) is 0 Å². The Morgan fingerprint density at radius 2 is 1.85 bits per heavy atom. The largest absolute Gasteiger partial charge is 0.309 e. The summed E-state index contributed by atoms with van der Waals surface area (Å²) in [6.07, 6.45) is 0. The van der Waals surface area contributed by atoms with Crippen LogP contribution in [0.25, 0.3) is 0 Å². The van der Waals surface area contributed by atoms with Crippen LogP contribution in [0.2, 0.25) is 0 Å². The first-order valence-electron chi connectivity index (χ1n) is 6.70. The Balaban J connectivity index is 2.42. The molecule has 0 bridgehead atoms. The molecule has 0 aliphatic rings. The summed E-state index contributed by atoms with van der Waals surface area (Å²) in [6, 6.07) is 13.2. The highest BCUT2D eigenvalue weighted by atomic mass is 79.9. The summed E-state index contributed by atoms with van der Waals surface area (Å²) >= 11 is 8.99. The van der Waals surface area contributed by atoms with Crippen LogP contribution in [-0.2, 0) is 5.41 Å². The van der Waals surface area contributed by atoms with E-state index in [0.29, 0.717) is 6.04 Å². The predicted octanol–water partition coefficient (Wildman–Crippen LogP) is 5.90. The molecule has 1 unspecified atom stereocenters. The maximum Gasteiger partial charge on any atom is 0.0843 e. The fourth-order valence-corrected chi connectivity index (χ4v) is 4.81. The highest BCUT2D eigenvalue weighted by molar-refractivity contribution is 9.13. The molecule has 0 aliphatic heterocycles. The van der Waals surface area contributed by atoms with Crippen LogP contribution in [0, 0.1) is 0 Å². The Morgan fingerprint density at radius 3 is 2.35 bits per heavy atom. The molecule has 1 atom stereocenters. The normalized spacial score (nSPS) is 13.4. The van der Waals surface area contributed by atoms with Gasteiger partial charge >= 0.3 is 0 Å². The maximum atomic E-state index is 3.65. The van der Waals surface area contributed by atoms with E-state index in [1.165, 1.54) is 10.4 Å². The molecule has 0 radical (unpaired) electrons. The van der Waals surface area contributed by atoms with Gasteiger partial charge in [0.1, 0.15) is 0 Å². The number of benzene rings is 1. The van der Waals surface area contributed by atoms with E-state index >= 15 is 0 Å². The quantitative estimate of drug-likeness (QED) is 0.639. The first-order chi connectivity index (χ1) is 9.46. The van der Waals surface area contributed by atoms with Crippen molar-refractivity contribution in [3.63, 3.8) is 0 Å². The van der Waals surface area contributed by atoms with Crippen molar-refractivity contribution in [1.29, 1.82) is 0 Å². The third kappa shape index (κ3) is 3.35. The number of likely N-dealkylation sites (N-methyl/N-ethyl adjacent to an activating group) is 1. The van der Waals surface area contributed by atoms with Crippen molar-refractivity contribution in [1.82, 2.24) is 5.32 Å². The lowest BCUT2D eigenvalue weighted by Gasteiger charge is -2.35. The van der Waals surface area contributed by atoms with Crippen molar-refractivity contribution in [3.05, 3.63) is 55.1 Å². The van der Waals surface area contributed by atoms with Crippen LogP contribution in [0.15, 0.2) is 44.7 Å². The summed E-state index contributed by atoms with van der Waals surface area (Å²) in [5.74, 6) is 0. The molecule has 0 saturated heterocycles. The molecular weight excluding hydrogens is 398 g/mol. The summed E-state index contributed by atoms with van der Waals surface area (Å²) in [5.41, 5.74) is 1.38. The molecule has 1 aromatic carbocycles. The topological polar surface area (TPSA) is 12.0 Å². The van der Waals surface area contributed by atoms with E-state index in [1.807, 2.05) is 0 Å². The smallest absolute Gasteiger partial charge is 0.0843 e. The molecule has 2 rings (SSSR count). The Hall–Kier alpha value is -0.160. The fourth-order valence-electron chi connectivity index (χ4n) is 2.46. The first kappa shape index (κ1) is 16.2. The number of nitrogens with one attached hydrogen (secondary N) is 1. The van der Waals surface area contributed by atoms with E-state index in [2.05, 4.69) is 94.3 Å². The van der Waals surface area contributed by atoms with Crippen LogP contribution in [-0.4, -0.2) is 6.54 Å². The second kappa shape index (κ2) is 6.73. The third-order valence-electron chi connectivity index (χ3n) is 3.60. The molecule has 1 heterocycles. The van der Waals surface area contributed by atoms with Gasteiger partial charge in [0, 0.05) is 14.8 Å². The van der Waals surface area contributed by atoms with Crippen LogP contribution < -0.4 is 5.32 Å².